The van der Waals surface area contributed by atoms with Crippen molar-refractivity contribution < 1.29 is 9.53 Å². The van der Waals surface area contributed by atoms with Crippen molar-refractivity contribution in [2.75, 3.05) is 6.61 Å². The van der Waals surface area contributed by atoms with E-state index in [9.17, 15) is 4.79 Å². The summed E-state index contributed by atoms with van der Waals surface area (Å²) in [5.41, 5.74) is 1.74. The molecule has 112 valence electrons. The zero-order valence-electron chi connectivity index (χ0n) is 12.3. The summed E-state index contributed by atoms with van der Waals surface area (Å²) in [5.74, 6) is -0.322. The largest absolute Gasteiger partial charge is 0.462 e. The number of nitrogens with zero attached hydrogens (tertiary/aromatic N) is 1. The van der Waals surface area contributed by atoms with Crippen LogP contribution in [-0.2, 0) is 4.74 Å². The number of aromatic nitrogens is 1. The van der Waals surface area contributed by atoms with Crippen molar-refractivity contribution in [2.45, 2.75) is 23.6 Å². The van der Waals surface area contributed by atoms with Crippen LogP contribution in [0.3, 0.4) is 0 Å². The van der Waals surface area contributed by atoms with Crippen LogP contribution < -0.4 is 0 Å². The van der Waals surface area contributed by atoms with Crippen molar-refractivity contribution >= 4 is 39.3 Å². The topological polar surface area (TPSA) is 39.2 Å². The quantitative estimate of drug-likeness (QED) is 0.636. The smallest absolute Gasteiger partial charge is 0.340 e. The minimum absolute atomic E-state index is 0.322. The number of hydrogen-bond acceptors (Lipinski definition) is 5. The lowest BCUT2D eigenvalue weighted by atomic mass is 10.2. The zero-order chi connectivity index (χ0) is 15.5. The summed E-state index contributed by atoms with van der Waals surface area (Å²) in [6, 6.07) is 10.3. The zero-order valence-corrected chi connectivity index (χ0v) is 14.0. The summed E-state index contributed by atoms with van der Waals surface area (Å²) in [4.78, 5) is 19.5. The Balaban J connectivity index is 2.07. The van der Waals surface area contributed by atoms with Gasteiger partial charge in [-0.2, -0.15) is 0 Å². The Morgan fingerprint density at radius 2 is 2.05 bits per heavy atom. The van der Waals surface area contributed by atoms with Crippen LogP contribution in [-0.4, -0.2) is 17.6 Å². The average Bonchev–Trinajstić information content (AvgIpc) is 2.99. The van der Waals surface area contributed by atoms with Crippen LogP contribution >= 0.6 is 23.1 Å². The third-order valence-corrected chi connectivity index (χ3v) is 5.15. The predicted octanol–water partition coefficient (Wildman–Crippen LogP) is 4.93. The fraction of sp³-hybridized carbons (Fsp3) is 0.176. The van der Waals surface area contributed by atoms with E-state index in [1.54, 1.807) is 36.2 Å². The van der Waals surface area contributed by atoms with Gasteiger partial charge in [-0.1, -0.05) is 29.5 Å². The molecule has 0 aliphatic carbocycles. The van der Waals surface area contributed by atoms with Crippen LogP contribution in [0.5, 0.6) is 0 Å². The van der Waals surface area contributed by atoms with Crippen molar-refractivity contribution in [3.8, 4) is 0 Å². The number of esters is 1. The van der Waals surface area contributed by atoms with Gasteiger partial charge in [-0.25, -0.2) is 9.78 Å². The van der Waals surface area contributed by atoms with Gasteiger partial charge in [0.2, 0.25) is 0 Å². The fourth-order valence-electron chi connectivity index (χ4n) is 2.09. The summed E-state index contributed by atoms with van der Waals surface area (Å²) in [6.07, 6.45) is 1.62. The first-order chi connectivity index (χ1) is 10.7. The summed E-state index contributed by atoms with van der Waals surface area (Å²) >= 11 is 3.15. The van der Waals surface area contributed by atoms with Crippen molar-refractivity contribution in [2.24, 2.45) is 0 Å². The first-order valence-corrected chi connectivity index (χ1v) is 8.66. The molecule has 0 saturated heterocycles. The number of aryl methyl sites for hydroxylation is 1. The molecular weight excluding hydrogens is 314 g/mol. The van der Waals surface area contributed by atoms with Crippen LogP contribution in [0.15, 0.2) is 51.7 Å². The number of rotatable bonds is 4. The van der Waals surface area contributed by atoms with E-state index in [1.165, 1.54) is 5.56 Å². The number of benzene rings is 1. The third kappa shape index (κ3) is 3.00. The maximum atomic E-state index is 12.2. The summed E-state index contributed by atoms with van der Waals surface area (Å²) in [7, 11) is 0. The van der Waals surface area contributed by atoms with E-state index in [1.807, 2.05) is 11.4 Å². The first kappa shape index (κ1) is 15.1. The number of hydrogen-bond donors (Lipinski definition) is 0. The molecule has 3 nitrogen and oxygen atoms in total. The van der Waals surface area contributed by atoms with E-state index < -0.39 is 0 Å². The molecule has 0 atom stereocenters. The van der Waals surface area contributed by atoms with E-state index in [0.29, 0.717) is 12.2 Å². The Labute approximate surface area is 137 Å². The van der Waals surface area contributed by atoms with Crippen molar-refractivity contribution in [3.05, 3.63) is 53.0 Å². The first-order valence-electron chi connectivity index (χ1n) is 6.97. The van der Waals surface area contributed by atoms with Crippen molar-refractivity contribution in [1.82, 2.24) is 4.98 Å². The number of carbonyl (C=O) groups excluding carboxylic acids is 1. The van der Waals surface area contributed by atoms with Crippen molar-refractivity contribution in [1.29, 1.82) is 0 Å². The monoisotopic (exact) mass is 329 g/mol. The molecular formula is C17H15NO2S2. The maximum Gasteiger partial charge on any atom is 0.340 e. The molecule has 0 N–H and O–H groups in total. The normalized spacial score (nSPS) is 10.8. The lowest BCUT2D eigenvalue weighted by molar-refractivity contribution is 0.0522. The van der Waals surface area contributed by atoms with Crippen LogP contribution in [0, 0.1) is 6.92 Å². The average molecular weight is 329 g/mol. The molecule has 1 aromatic carbocycles. The lowest BCUT2D eigenvalue weighted by Crippen LogP contribution is -2.06. The highest BCUT2D eigenvalue weighted by Gasteiger charge is 2.18. The lowest BCUT2D eigenvalue weighted by Gasteiger charge is -2.10. The summed E-state index contributed by atoms with van der Waals surface area (Å²) in [5, 5.41) is 2.99. The molecule has 0 fully saturated rings. The maximum absolute atomic E-state index is 12.2. The second kappa shape index (κ2) is 6.50. The van der Waals surface area contributed by atoms with Gasteiger partial charge in [-0.3, -0.25) is 0 Å². The van der Waals surface area contributed by atoms with Gasteiger partial charge in [0.15, 0.2) is 0 Å². The Morgan fingerprint density at radius 1 is 1.27 bits per heavy atom. The molecule has 5 heteroatoms. The second-order valence-corrected chi connectivity index (χ2v) is 6.75. The molecule has 0 saturated carbocycles. The third-order valence-electron chi connectivity index (χ3n) is 3.18. The van der Waals surface area contributed by atoms with E-state index >= 15 is 0 Å². The number of carbonyl (C=O) groups is 1. The van der Waals surface area contributed by atoms with Crippen LogP contribution in [0.1, 0.15) is 22.8 Å². The van der Waals surface area contributed by atoms with Gasteiger partial charge in [-0.05, 0) is 37.4 Å². The Kier molecular flexibility index (Phi) is 4.45. The van der Waals surface area contributed by atoms with Crippen LogP contribution in [0.25, 0.3) is 10.2 Å². The number of fused-ring (bicyclic) bond motifs is 1. The summed E-state index contributed by atoms with van der Waals surface area (Å²) in [6.45, 7) is 4.22. The van der Waals surface area contributed by atoms with Crippen LogP contribution in [0.2, 0.25) is 0 Å². The van der Waals surface area contributed by atoms with Gasteiger partial charge in [0.1, 0.15) is 4.83 Å². The molecule has 0 unspecified atom stereocenters. The van der Waals surface area contributed by atoms with Gasteiger partial charge in [0.25, 0.3) is 0 Å². The molecule has 3 rings (SSSR count). The molecule has 0 aliphatic rings. The van der Waals surface area contributed by atoms with E-state index in [-0.39, 0.29) is 5.97 Å². The predicted molar refractivity (Wildman–Crippen MR) is 90.9 cm³/mol. The number of ether oxygens (including phenoxy) is 1. The molecule has 0 bridgehead atoms. The molecule has 22 heavy (non-hydrogen) atoms. The molecule has 2 aromatic heterocycles. The van der Waals surface area contributed by atoms with Crippen molar-refractivity contribution in [3.63, 3.8) is 0 Å². The molecule has 0 amide bonds. The molecule has 0 aliphatic heterocycles. The molecule has 3 aromatic rings. The van der Waals surface area contributed by atoms with E-state index in [4.69, 9.17) is 4.74 Å². The van der Waals surface area contributed by atoms with Gasteiger partial charge in [-0.15, -0.1) is 11.3 Å². The minimum Gasteiger partial charge on any atom is -0.462 e. The highest BCUT2D eigenvalue weighted by molar-refractivity contribution is 7.99. The Bertz CT molecular complexity index is 809. The fourth-order valence-corrected chi connectivity index (χ4v) is 3.93. The molecule has 2 heterocycles. The van der Waals surface area contributed by atoms with Gasteiger partial charge in [0, 0.05) is 21.4 Å². The number of thiophene rings is 1. The second-order valence-electron chi connectivity index (χ2n) is 4.78. The SMILES string of the molecule is CCOC(=O)c1cnc2sccc2c1Sc1ccc(C)cc1. The van der Waals surface area contributed by atoms with Gasteiger partial charge < -0.3 is 4.74 Å². The summed E-state index contributed by atoms with van der Waals surface area (Å²) < 4.78 is 5.16. The molecule has 0 radical (unpaired) electrons. The standard InChI is InChI=1S/C17H15NO2S2/c1-3-20-17(19)14-10-18-16-13(8-9-21-16)15(14)22-12-6-4-11(2)5-7-12/h4-10H,3H2,1-2H3. The van der Waals surface area contributed by atoms with Crippen LogP contribution in [0.4, 0.5) is 0 Å². The van der Waals surface area contributed by atoms with Gasteiger partial charge in [0.05, 0.1) is 12.2 Å². The highest BCUT2D eigenvalue weighted by atomic mass is 32.2. The van der Waals surface area contributed by atoms with E-state index in [0.717, 1.165) is 20.0 Å². The van der Waals surface area contributed by atoms with E-state index in [2.05, 4.69) is 36.2 Å². The Hall–Kier alpha value is -1.85. The molecule has 0 spiro atoms. The minimum atomic E-state index is -0.322. The Morgan fingerprint density at radius 3 is 2.77 bits per heavy atom. The highest BCUT2D eigenvalue weighted by Crippen LogP contribution is 2.37. The van der Waals surface area contributed by atoms with Gasteiger partial charge >= 0.3 is 5.97 Å². The number of pyridine rings is 1.